The first kappa shape index (κ1) is 16.7. The van der Waals surface area contributed by atoms with E-state index in [0.29, 0.717) is 12.1 Å². The molecule has 4 nitrogen and oxygen atoms in total. The van der Waals surface area contributed by atoms with Gasteiger partial charge in [-0.15, -0.1) is 0 Å². The van der Waals surface area contributed by atoms with Crippen molar-refractivity contribution < 1.29 is 9.59 Å². The van der Waals surface area contributed by atoms with E-state index in [-0.39, 0.29) is 24.3 Å². The molecule has 0 saturated carbocycles. The highest BCUT2D eigenvalue weighted by atomic mass is 16.2. The number of amides is 2. The van der Waals surface area contributed by atoms with Gasteiger partial charge in [-0.3, -0.25) is 9.59 Å². The maximum absolute atomic E-state index is 11.9. The van der Waals surface area contributed by atoms with Crippen molar-refractivity contribution in [1.29, 1.82) is 0 Å². The van der Waals surface area contributed by atoms with Gasteiger partial charge in [0, 0.05) is 18.0 Å². The minimum atomic E-state index is -0.240. The molecular weight excluding hydrogens is 288 g/mol. The summed E-state index contributed by atoms with van der Waals surface area (Å²) in [6.07, 6.45) is 0.945. The summed E-state index contributed by atoms with van der Waals surface area (Å²) in [5.74, 6) is -0.135. The molecule has 0 aliphatic rings. The summed E-state index contributed by atoms with van der Waals surface area (Å²) in [4.78, 5) is 23.8. The minimum absolute atomic E-state index is 0.0149. The summed E-state index contributed by atoms with van der Waals surface area (Å²) < 4.78 is 0. The van der Waals surface area contributed by atoms with Crippen LogP contribution in [-0.4, -0.2) is 24.9 Å². The molecule has 0 heterocycles. The zero-order chi connectivity index (χ0) is 16.5. The fourth-order valence-electron chi connectivity index (χ4n) is 2.37. The quantitative estimate of drug-likeness (QED) is 0.826. The first-order valence-corrected chi connectivity index (χ1v) is 7.85. The van der Waals surface area contributed by atoms with Gasteiger partial charge in [-0.1, -0.05) is 55.5 Å². The van der Waals surface area contributed by atoms with Gasteiger partial charge >= 0.3 is 0 Å². The number of carbonyl (C=O) groups excluding carboxylic acids is 2. The maximum atomic E-state index is 11.9. The molecule has 1 atom stereocenters. The molecule has 0 fully saturated rings. The number of benzene rings is 2. The summed E-state index contributed by atoms with van der Waals surface area (Å²) >= 11 is 0. The Morgan fingerprint density at radius 1 is 0.913 bits per heavy atom. The van der Waals surface area contributed by atoms with Gasteiger partial charge in [0.15, 0.2) is 0 Å². The van der Waals surface area contributed by atoms with Crippen LogP contribution >= 0.6 is 0 Å². The number of nitrogens with one attached hydrogen (secondary N) is 2. The van der Waals surface area contributed by atoms with E-state index in [0.717, 1.165) is 6.42 Å². The highest BCUT2D eigenvalue weighted by molar-refractivity contribution is 5.96. The van der Waals surface area contributed by atoms with E-state index in [1.165, 1.54) is 5.56 Å². The van der Waals surface area contributed by atoms with Crippen molar-refractivity contribution in [3.8, 4) is 0 Å². The minimum Gasteiger partial charge on any atom is -0.354 e. The Morgan fingerprint density at radius 2 is 1.52 bits per heavy atom. The molecule has 2 amide bonds. The summed E-state index contributed by atoms with van der Waals surface area (Å²) in [5.41, 5.74) is 1.76. The Kier molecular flexibility index (Phi) is 6.36. The van der Waals surface area contributed by atoms with E-state index >= 15 is 0 Å². The second-order valence-corrected chi connectivity index (χ2v) is 5.37. The van der Waals surface area contributed by atoms with Crippen LogP contribution in [0.2, 0.25) is 0 Å². The lowest BCUT2D eigenvalue weighted by Gasteiger charge is -2.16. The molecule has 0 unspecified atom stereocenters. The van der Waals surface area contributed by atoms with E-state index in [1.807, 2.05) is 24.3 Å². The highest BCUT2D eigenvalue weighted by Gasteiger charge is 2.11. The Balaban J connectivity index is 1.77. The van der Waals surface area contributed by atoms with Gasteiger partial charge in [-0.2, -0.15) is 0 Å². The number of hydrogen-bond donors (Lipinski definition) is 2. The van der Waals surface area contributed by atoms with Crippen LogP contribution in [0.5, 0.6) is 0 Å². The molecule has 0 aromatic heterocycles. The van der Waals surface area contributed by atoms with Gasteiger partial charge in [-0.25, -0.2) is 0 Å². The zero-order valence-electron chi connectivity index (χ0n) is 13.3. The molecule has 2 rings (SSSR count). The number of rotatable bonds is 7. The van der Waals surface area contributed by atoms with Crippen molar-refractivity contribution in [1.82, 2.24) is 10.6 Å². The van der Waals surface area contributed by atoms with Gasteiger partial charge in [0.2, 0.25) is 5.91 Å². The van der Waals surface area contributed by atoms with Crippen LogP contribution < -0.4 is 10.6 Å². The average molecular weight is 310 g/mol. The normalized spacial score (nSPS) is 11.5. The lowest BCUT2D eigenvalue weighted by Crippen LogP contribution is -2.38. The summed E-state index contributed by atoms with van der Waals surface area (Å²) in [5, 5.41) is 5.51. The molecule has 23 heavy (non-hydrogen) atoms. The van der Waals surface area contributed by atoms with E-state index in [2.05, 4.69) is 29.7 Å². The van der Waals surface area contributed by atoms with Crippen LogP contribution in [0.1, 0.15) is 35.2 Å². The van der Waals surface area contributed by atoms with Crippen LogP contribution in [0.3, 0.4) is 0 Å². The smallest absolute Gasteiger partial charge is 0.251 e. The number of hydrogen-bond acceptors (Lipinski definition) is 2. The van der Waals surface area contributed by atoms with Gasteiger partial charge in [0.1, 0.15) is 0 Å². The fourth-order valence-corrected chi connectivity index (χ4v) is 2.37. The second kappa shape index (κ2) is 8.73. The topological polar surface area (TPSA) is 58.2 Å². The largest absolute Gasteiger partial charge is 0.354 e. The third-order valence-corrected chi connectivity index (χ3v) is 3.75. The first-order valence-electron chi connectivity index (χ1n) is 7.85. The van der Waals surface area contributed by atoms with E-state index in [4.69, 9.17) is 0 Å². The monoisotopic (exact) mass is 310 g/mol. The van der Waals surface area contributed by atoms with E-state index < -0.39 is 0 Å². The van der Waals surface area contributed by atoms with Crippen molar-refractivity contribution in [3.05, 3.63) is 71.8 Å². The third-order valence-electron chi connectivity index (χ3n) is 3.75. The summed E-state index contributed by atoms with van der Waals surface area (Å²) in [7, 11) is 0. The molecule has 2 aromatic rings. The lowest BCUT2D eigenvalue weighted by atomic mass is 9.96. The van der Waals surface area contributed by atoms with Gasteiger partial charge in [0.25, 0.3) is 5.91 Å². The molecule has 4 heteroatoms. The van der Waals surface area contributed by atoms with Gasteiger partial charge in [0.05, 0.1) is 6.54 Å². The molecule has 2 N–H and O–H groups in total. The molecule has 0 aliphatic heterocycles. The highest BCUT2D eigenvalue weighted by Crippen LogP contribution is 2.17. The average Bonchev–Trinajstić information content (AvgIpc) is 2.62. The molecule has 2 aromatic carbocycles. The van der Waals surface area contributed by atoms with Crippen LogP contribution in [0.4, 0.5) is 0 Å². The van der Waals surface area contributed by atoms with Crippen LogP contribution in [0, 0.1) is 0 Å². The van der Waals surface area contributed by atoms with Crippen molar-refractivity contribution in [3.63, 3.8) is 0 Å². The van der Waals surface area contributed by atoms with Crippen LogP contribution in [0.15, 0.2) is 60.7 Å². The van der Waals surface area contributed by atoms with Gasteiger partial charge < -0.3 is 10.6 Å². The van der Waals surface area contributed by atoms with E-state index in [1.54, 1.807) is 24.3 Å². The molecule has 0 radical (unpaired) electrons. The van der Waals surface area contributed by atoms with Crippen molar-refractivity contribution in [2.24, 2.45) is 0 Å². The van der Waals surface area contributed by atoms with Crippen molar-refractivity contribution in [2.75, 3.05) is 13.1 Å². The fraction of sp³-hybridized carbons (Fsp3) is 0.263. The summed E-state index contributed by atoms with van der Waals surface area (Å²) in [6, 6.07) is 19.0. The molecule has 0 aliphatic carbocycles. The maximum Gasteiger partial charge on any atom is 0.251 e. The predicted molar refractivity (Wildman–Crippen MR) is 91.3 cm³/mol. The van der Waals surface area contributed by atoms with Crippen molar-refractivity contribution >= 4 is 11.8 Å². The molecular formula is C19H22N2O2. The second-order valence-electron chi connectivity index (χ2n) is 5.37. The third kappa shape index (κ3) is 5.25. The zero-order valence-corrected chi connectivity index (χ0v) is 13.3. The molecule has 120 valence electrons. The Labute approximate surface area is 136 Å². The lowest BCUT2D eigenvalue weighted by molar-refractivity contribution is -0.120. The SMILES string of the molecule is CC[C@H](CNC(=O)CNC(=O)c1ccccc1)c1ccccc1. The molecule has 0 bridgehead atoms. The van der Waals surface area contributed by atoms with Crippen LogP contribution in [-0.2, 0) is 4.79 Å². The standard InChI is InChI=1S/C19H22N2O2/c1-2-15(16-9-5-3-6-10-16)13-20-18(22)14-21-19(23)17-11-7-4-8-12-17/h3-12,15H,2,13-14H2,1H3,(H,20,22)(H,21,23)/t15-/m1/s1. The Hall–Kier alpha value is -2.62. The summed E-state index contributed by atoms with van der Waals surface area (Å²) in [6.45, 7) is 2.65. The van der Waals surface area contributed by atoms with Gasteiger partial charge in [-0.05, 0) is 24.1 Å². The first-order chi connectivity index (χ1) is 11.2. The number of carbonyl (C=O) groups is 2. The van der Waals surface area contributed by atoms with E-state index in [9.17, 15) is 9.59 Å². The molecule has 0 saturated heterocycles. The Morgan fingerprint density at radius 3 is 2.13 bits per heavy atom. The van der Waals surface area contributed by atoms with Crippen molar-refractivity contribution in [2.45, 2.75) is 19.3 Å². The van der Waals surface area contributed by atoms with Crippen LogP contribution in [0.25, 0.3) is 0 Å². The molecule has 0 spiro atoms. The Bertz CT molecular complexity index is 626. The predicted octanol–water partition coefficient (Wildman–Crippen LogP) is 2.73.